The van der Waals surface area contributed by atoms with Crippen molar-refractivity contribution in [3.8, 4) is 11.5 Å². The molecule has 2 aromatic carbocycles. The Morgan fingerprint density at radius 2 is 1.74 bits per heavy atom. The van der Waals surface area contributed by atoms with Crippen LogP contribution < -0.4 is 14.8 Å². The van der Waals surface area contributed by atoms with E-state index >= 15 is 0 Å². The molecule has 2 aromatic rings. The number of para-hydroxylation sites is 2. The first kappa shape index (κ1) is 17.2. The van der Waals surface area contributed by atoms with Crippen LogP contribution in [0.1, 0.15) is 33.3 Å². The second-order valence-corrected chi connectivity index (χ2v) is 6.37. The van der Waals surface area contributed by atoms with Crippen LogP contribution in [0.15, 0.2) is 48.5 Å². The molecule has 3 heteroatoms. The zero-order chi connectivity index (χ0) is 16.7. The van der Waals surface area contributed by atoms with Gasteiger partial charge in [0, 0.05) is 6.54 Å². The molecule has 3 nitrogen and oxygen atoms in total. The third-order valence-electron chi connectivity index (χ3n) is 3.21. The largest absolute Gasteiger partial charge is 0.491 e. The third-order valence-corrected chi connectivity index (χ3v) is 3.21. The number of hydrogen-bond donors (Lipinski definition) is 1. The minimum absolute atomic E-state index is 0.184. The van der Waals surface area contributed by atoms with Crippen LogP contribution in [0.25, 0.3) is 0 Å². The maximum atomic E-state index is 5.88. The molecule has 23 heavy (non-hydrogen) atoms. The summed E-state index contributed by atoms with van der Waals surface area (Å²) in [6.45, 7) is 9.82. The van der Waals surface area contributed by atoms with Crippen LogP contribution in [-0.4, -0.2) is 12.7 Å². The van der Waals surface area contributed by atoms with Crippen LogP contribution >= 0.6 is 0 Å². The van der Waals surface area contributed by atoms with E-state index in [2.05, 4.69) is 31.3 Å². The summed E-state index contributed by atoms with van der Waals surface area (Å²) < 4.78 is 11.6. The van der Waals surface area contributed by atoms with Crippen LogP contribution in [0.2, 0.25) is 0 Å². The first-order valence-corrected chi connectivity index (χ1v) is 8.26. The van der Waals surface area contributed by atoms with Gasteiger partial charge >= 0.3 is 0 Å². The average Bonchev–Trinajstić information content (AvgIpc) is 2.51. The van der Waals surface area contributed by atoms with Gasteiger partial charge in [0.25, 0.3) is 0 Å². The van der Waals surface area contributed by atoms with E-state index in [1.54, 1.807) is 0 Å². The number of benzene rings is 2. The molecule has 0 heterocycles. The first-order chi connectivity index (χ1) is 11.0. The van der Waals surface area contributed by atoms with Crippen molar-refractivity contribution in [2.45, 2.75) is 40.3 Å². The molecule has 0 unspecified atom stereocenters. The molecule has 0 saturated carbocycles. The van der Waals surface area contributed by atoms with E-state index in [-0.39, 0.29) is 6.10 Å². The number of anilines is 1. The lowest BCUT2D eigenvalue weighted by Gasteiger charge is -2.15. The van der Waals surface area contributed by atoms with Crippen molar-refractivity contribution in [3.63, 3.8) is 0 Å². The molecule has 0 aliphatic heterocycles. The zero-order valence-corrected chi connectivity index (χ0v) is 14.5. The molecule has 0 spiro atoms. The molecule has 0 radical (unpaired) electrons. The Balaban J connectivity index is 2.00. The van der Waals surface area contributed by atoms with Gasteiger partial charge in [-0.25, -0.2) is 0 Å². The van der Waals surface area contributed by atoms with Gasteiger partial charge in [0.05, 0.1) is 18.4 Å². The SMILES string of the molecule is CC(C)COc1ccccc1NCc1cccc(OC(C)C)c1. The molecule has 1 N–H and O–H groups in total. The number of rotatable bonds is 8. The average molecular weight is 313 g/mol. The molecule has 0 aliphatic carbocycles. The normalized spacial score (nSPS) is 10.9. The minimum atomic E-state index is 0.184. The van der Waals surface area contributed by atoms with E-state index in [0.29, 0.717) is 5.92 Å². The Bertz CT molecular complexity index is 608. The van der Waals surface area contributed by atoms with Crippen molar-refractivity contribution in [1.82, 2.24) is 0 Å². The smallest absolute Gasteiger partial charge is 0.142 e. The van der Waals surface area contributed by atoms with Gasteiger partial charge < -0.3 is 14.8 Å². The maximum absolute atomic E-state index is 5.88. The fraction of sp³-hybridized carbons (Fsp3) is 0.400. The molecule has 0 aromatic heterocycles. The van der Waals surface area contributed by atoms with Crippen molar-refractivity contribution in [2.24, 2.45) is 5.92 Å². The van der Waals surface area contributed by atoms with Gasteiger partial charge in [0.2, 0.25) is 0 Å². The number of ether oxygens (including phenoxy) is 2. The molecule has 0 amide bonds. The zero-order valence-electron chi connectivity index (χ0n) is 14.5. The molecular weight excluding hydrogens is 286 g/mol. The lowest BCUT2D eigenvalue weighted by molar-refractivity contribution is 0.242. The Hall–Kier alpha value is -2.16. The Kier molecular flexibility index (Phi) is 6.33. The highest BCUT2D eigenvalue weighted by Crippen LogP contribution is 2.25. The Morgan fingerprint density at radius 3 is 2.48 bits per heavy atom. The van der Waals surface area contributed by atoms with Crippen LogP contribution in [0, 0.1) is 5.92 Å². The van der Waals surface area contributed by atoms with Crippen molar-refractivity contribution >= 4 is 5.69 Å². The molecule has 0 bridgehead atoms. The standard InChI is InChI=1S/C20H27NO2/c1-15(2)14-22-20-11-6-5-10-19(20)21-13-17-8-7-9-18(12-17)23-16(3)4/h5-12,15-16,21H,13-14H2,1-4H3. The van der Waals surface area contributed by atoms with E-state index in [9.17, 15) is 0 Å². The quantitative estimate of drug-likeness (QED) is 0.733. The minimum Gasteiger partial charge on any atom is -0.491 e. The highest BCUT2D eigenvalue weighted by molar-refractivity contribution is 5.56. The lowest BCUT2D eigenvalue weighted by atomic mass is 10.2. The molecule has 0 saturated heterocycles. The summed E-state index contributed by atoms with van der Waals surface area (Å²) in [5, 5.41) is 3.45. The van der Waals surface area contributed by atoms with E-state index in [0.717, 1.165) is 30.3 Å². The summed E-state index contributed by atoms with van der Waals surface area (Å²) in [6.07, 6.45) is 0.184. The predicted molar refractivity (Wildman–Crippen MR) is 96.3 cm³/mol. The summed E-state index contributed by atoms with van der Waals surface area (Å²) in [5.41, 5.74) is 2.20. The van der Waals surface area contributed by atoms with Crippen molar-refractivity contribution in [3.05, 3.63) is 54.1 Å². The monoisotopic (exact) mass is 313 g/mol. The highest BCUT2D eigenvalue weighted by Gasteiger charge is 2.05. The van der Waals surface area contributed by atoms with Crippen molar-refractivity contribution in [1.29, 1.82) is 0 Å². The van der Waals surface area contributed by atoms with Gasteiger partial charge in [0.15, 0.2) is 0 Å². The van der Waals surface area contributed by atoms with Gasteiger partial charge in [0.1, 0.15) is 11.5 Å². The summed E-state index contributed by atoms with van der Waals surface area (Å²) >= 11 is 0. The van der Waals surface area contributed by atoms with Crippen LogP contribution in [0.3, 0.4) is 0 Å². The molecule has 124 valence electrons. The summed E-state index contributed by atoms with van der Waals surface area (Å²) in [4.78, 5) is 0. The van der Waals surface area contributed by atoms with Gasteiger partial charge in [-0.15, -0.1) is 0 Å². The number of nitrogens with one attached hydrogen (secondary N) is 1. The van der Waals surface area contributed by atoms with Crippen LogP contribution in [0.4, 0.5) is 5.69 Å². The molecule has 0 atom stereocenters. The highest BCUT2D eigenvalue weighted by atomic mass is 16.5. The fourth-order valence-corrected chi connectivity index (χ4v) is 2.19. The molecule has 2 rings (SSSR count). The lowest BCUT2D eigenvalue weighted by Crippen LogP contribution is -2.08. The summed E-state index contributed by atoms with van der Waals surface area (Å²) in [5.74, 6) is 2.31. The van der Waals surface area contributed by atoms with Crippen LogP contribution in [0.5, 0.6) is 11.5 Å². The van der Waals surface area contributed by atoms with Gasteiger partial charge in [-0.05, 0) is 49.6 Å². The fourth-order valence-electron chi connectivity index (χ4n) is 2.19. The summed E-state index contributed by atoms with van der Waals surface area (Å²) in [6, 6.07) is 16.2. The number of hydrogen-bond acceptors (Lipinski definition) is 3. The predicted octanol–water partition coefficient (Wildman–Crippen LogP) is 5.12. The topological polar surface area (TPSA) is 30.5 Å². The molecular formula is C20H27NO2. The van der Waals surface area contributed by atoms with E-state index in [4.69, 9.17) is 9.47 Å². The van der Waals surface area contributed by atoms with E-state index in [1.807, 2.05) is 50.2 Å². The van der Waals surface area contributed by atoms with E-state index in [1.165, 1.54) is 5.56 Å². The van der Waals surface area contributed by atoms with Crippen LogP contribution in [-0.2, 0) is 6.54 Å². The van der Waals surface area contributed by atoms with Gasteiger partial charge in [-0.1, -0.05) is 38.1 Å². The Morgan fingerprint density at radius 1 is 0.957 bits per heavy atom. The third kappa shape index (κ3) is 5.85. The first-order valence-electron chi connectivity index (χ1n) is 8.26. The summed E-state index contributed by atoms with van der Waals surface area (Å²) in [7, 11) is 0. The van der Waals surface area contributed by atoms with Crippen molar-refractivity contribution < 1.29 is 9.47 Å². The van der Waals surface area contributed by atoms with Gasteiger partial charge in [-0.2, -0.15) is 0 Å². The van der Waals surface area contributed by atoms with Gasteiger partial charge in [-0.3, -0.25) is 0 Å². The Labute approximate surface area is 139 Å². The molecule has 0 fully saturated rings. The molecule has 0 aliphatic rings. The van der Waals surface area contributed by atoms with E-state index < -0.39 is 0 Å². The second-order valence-electron chi connectivity index (χ2n) is 6.37. The van der Waals surface area contributed by atoms with Crippen molar-refractivity contribution in [2.75, 3.05) is 11.9 Å². The maximum Gasteiger partial charge on any atom is 0.142 e. The second kappa shape index (κ2) is 8.47.